The van der Waals surface area contributed by atoms with E-state index in [9.17, 15) is 9.90 Å². The van der Waals surface area contributed by atoms with Crippen molar-refractivity contribution < 1.29 is 9.90 Å². The van der Waals surface area contributed by atoms with E-state index in [1.165, 1.54) is 18.4 Å². The van der Waals surface area contributed by atoms with Gasteiger partial charge in [0.25, 0.3) is 5.91 Å². The van der Waals surface area contributed by atoms with Gasteiger partial charge in [0.05, 0.1) is 28.4 Å². The summed E-state index contributed by atoms with van der Waals surface area (Å²) in [7, 11) is 0. The second-order valence-corrected chi connectivity index (χ2v) is 12.1. The smallest absolute Gasteiger partial charge is 0.255 e. The molecule has 5 atom stereocenters. The van der Waals surface area contributed by atoms with Gasteiger partial charge in [0.15, 0.2) is 5.82 Å². The summed E-state index contributed by atoms with van der Waals surface area (Å²) in [5.41, 5.74) is 4.41. The zero-order chi connectivity index (χ0) is 24.1. The van der Waals surface area contributed by atoms with Gasteiger partial charge >= 0.3 is 0 Å². The Labute approximate surface area is 212 Å². The van der Waals surface area contributed by atoms with Crippen LogP contribution >= 0.6 is 11.6 Å². The molecule has 1 aliphatic carbocycles. The number of piperazine rings is 1. The van der Waals surface area contributed by atoms with Crippen LogP contribution in [-0.2, 0) is 18.7 Å². The maximum atomic E-state index is 13.5. The molecule has 2 bridgehead atoms. The summed E-state index contributed by atoms with van der Waals surface area (Å²) in [6.45, 7) is 4.33. The van der Waals surface area contributed by atoms with Gasteiger partial charge in [-0.15, -0.1) is 0 Å². The first-order chi connectivity index (χ1) is 17.4. The summed E-state index contributed by atoms with van der Waals surface area (Å²) in [6.07, 6.45) is 3.40. The number of hydrogen-bond donors (Lipinski definition) is 1. The maximum absolute atomic E-state index is 13.5. The van der Waals surface area contributed by atoms with Crippen molar-refractivity contribution in [3.63, 3.8) is 0 Å². The molecule has 5 unspecified atom stereocenters. The third-order valence-corrected chi connectivity index (χ3v) is 9.47. The normalized spacial score (nSPS) is 31.4. The third-order valence-electron chi connectivity index (χ3n) is 9.24. The number of imidazole rings is 1. The Hall–Kier alpha value is -2.87. The van der Waals surface area contributed by atoms with Crippen LogP contribution in [0.4, 0.5) is 0 Å². The first-order valence-electron chi connectivity index (χ1n) is 13.0. The van der Waals surface area contributed by atoms with Crippen molar-refractivity contribution in [1.29, 1.82) is 0 Å². The maximum Gasteiger partial charge on any atom is 0.255 e. The average Bonchev–Trinajstić information content (AvgIpc) is 3.79. The lowest BCUT2D eigenvalue weighted by Gasteiger charge is -2.31. The number of hydrogen-bond acceptors (Lipinski definition) is 4. The van der Waals surface area contributed by atoms with Crippen molar-refractivity contribution in [1.82, 2.24) is 23.9 Å². The zero-order valence-electron chi connectivity index (χ0n) is 20.0. The van der Waals surface area contributed by atoms with E-state index in [4.69, 9.17) is 16.6 Å². The average molecular weight is 500 g/mol. The fraction of sp³-hybridized carbons (Fsp3) is 0.429. The number of carbonyl (C=O) groups is 1. The van der Waals surface area contributed by atoms with E-state index in [-0.39, 0.29) is 5.91 Å². The molecule has 36 heavy (non-hydrogen) atoms. The van der Waals surface area contributed by atoms with Crippen molar-refractivity contribution in [2.75, 3.05) is 6.54 Å². The van der Waals surface area contributed by atoms with Crippen molar-refractivity contribution >= 4 is 39.4 Å². The molecule has 6 aliphatic rings. The van der Waals surface area contributed by atoms with Gasteiger partial charge in [-0.25, -0.2) is 4.98 Å². The molecule has 7 heterocycles. The van der Waals surface area contributed by atoms with Gasteiger partial charge in [-0.1, -0.05) is 11.6 Å². The predicted molar refractivity (Wildman–Crippen MR) is 137 cm³/mol. The lowest BCUT2D eigenvalue weighted by molar-refractivity contribution is 0.0398. The van der Waals surface area contributed by atoms with Crippen molar-refractivity contribution in [3.05, 3.63) is 52.5 Å². The molecule has 2 aromatic heterocycles. The Balaban J connectivity index is 1.24. The Kier molecular flexibility index (Phi) is 3.56. The summed E-state index contributed by atoms with van der Waals surface area (Å²) < 4.78 is 4.64. The molecule has 1 amide bonds. The van der Waals surface area contributed by atoms with Crippen LogP contribution in [0.5, 0.6) is 0 Å². The Bertz CT molecular complexity index is 1650. The zero-order valence-corrected chi connectivity index (χ0v) is 20.7. The summed E-state index contributed by atoms with van der Waals surface area (Å²) >= 11 is 6.35. The Morgan fingerprint density at radius 3 is 2.81 bits per heavy atom. The highest BCUT2D eigenvalue weighted by Crippen LogP contribution is 2.59. The lowest BCUT2D eigenvalue weighted by atomic mass is 9.87. The van der Waals surface area contributed by atoms with Gasteiger partial charge in [0.1, 0.15) is 6.17 Å². The van der Waals surface area contributed by atoms with Crippen LogP contribution in [0.3, 0.4) is 0 Å². The number of carbonyl (C=O) groups excluding carboxylic acids is 1. The van der Waals surface area contributed by atoms with Gasteiger partial charge in [0.2, 0.25) is 0 Å². The van der Waals surface area contributed by atoms with Crippen LogP contribution in [0.25, 0.3) is 33.5 Å². The second kappa shape index (κ2) is 6.33. The number of nitrogens with zero attached hydrogens (tertiary/aromatic N) is 5. The summed E-state index contributed by atoms with van der Waals surface area (Å²) in [6, 6.07) is 13.3. The van der Waals surface area contributed by atoms with Crippen LogP contribution in [0.15, 0.2) is 36.4 Å². The molecule has 10 rings (SSSR count). The van der Waals surface area contributed by atoms with Gasteiger partial charge in [-0.2, -0.15) is 0 Å². The molecule has 8 heteroatoms. The van der Waals surface area contributed by atoms with E-state index in [1.54, 1.807) is 0 Å². The quantitative estimate of drug-likeness (QED) is 0.428. The van der Waals surface area contributed by atoms with E-state index in [2.05, 4.69) is 26.2 Å². The number of benzene rings is 2. The summed E-state index contributed by atoms with van der Waals surface area (Å²) in [5.74, 6) is 1.66. The number of amides is 1. The molecule has 1 N–H and O–H groups in total. The number of halogens is 1. The highest BCUT2D eigenvalue weighted by atomic mass is 35.5. The summed E-state index contributed by atoms with van der Waals surface area (Å²) in [5, 5.41) is 13.2. The molecule has 182 valence electrons. The van der Waals surface area contributed by atoms with Gasteiger partial charge in [-0.05, 0) is 68.5 Å². The van der Waals surface area contributed by atoms with E-state index in [1.807, 2.05) is 36.1 Å². The minimum absolute atomic E-state index is 0.0561. The topological polar surface area (TPSA) is 66.3 Å². The molecule has 7 nitrogen and oxygen atoms in total. The standard InChI is InChI=1S/C28H26ClN5O2/c1-28(36)6-7-31-23-18(28)9-16(27(35)33-13-22-24-26(33)34(22)24)10-19(23)30-25(31)21-11-15-8-17(29)4-5-20(15)32(21)12-14-2-3-14/h4-5,8-11,14,22,24,26,36H,2-3,6-7,12-13H2,1H3. The van der Waals surface area contributed by atoms with E-state index < -0.39 is 5.60 Å². The largest absolute Gasteiger partial charge is 0.385 e. The molecule has 0 radical (unpaired) electrons. The molecule has 5 aliphatic heterocycles. The Morgan fingerprint density at radius 2 is 2.06 bits per heavy atom. The monoisotopic (exact) mass is 499 g/mol. The van der Waals surface area contributed by atoms with Crippen molar-refractivity contribution in [3.8, 4) is 11.5 Å². The molecular weight excluding hydrogens is 474 g/mol. The van der Waals surface area contributed by atoms with Gasteiger partial charge < -0.3 is 19.1 Å². The van der Waals surface area contributed by atoms with Crippen LogP contribution in [0.1, 0.15) is 42.1 Å². The molecule has 5 fully saturated rings. The number of fused-ring (bicyclic) bond motifs is 2. The minimum Gasteiger partial charge on any atom is -0.385 e. The fourth-order valence-electron chi connectivity index (χ4n) is 6.96. The first kappa shape index (κ1) is 20.2. The SMILES string of the molecule is CC1(O)CCn2c(-c3cc4cc(Cl)ccc4n3CC3CC3)nc3cc(C(=O)N4CC5C6C4N56)cc1c32. The van der Waals surface area contributed by atoms with Crippen LogP contribution in [-0.4, -0.2) is 59.7 Å². The van der Waals surface area contributed by atoms with E-state index in [0.717, 1.165) is 51.6 Å². The molecule has 0 spiro atoms. The lowest BCUT2D eigenvalue weighted by Crippen LogP contribution is -2.32. The molecule has 2 aromatic carbocycles. The second-order valence-electron chi connectivity index (χ2n) is 11.7. The first-order valence-corrected chi connectivity index (χ1v) is 13.4. The van der Waals surface area contributed by atoms with Crippen LogP contribution < -0.4 is 0 Å². The highest BCUT2D eigenvalue weighted by Gasteiger charge is 2.80. The molecular formula is C28H26ClN5O2. The molecule has 1 saturated carbocycles. The van der Waals surface area contributed by atoms with E-state index >= 15 is 0 Å². The van der Waals surface area contributed by atoms with Crippen LogP contribution in [0.2, 0.25) is 5.02 Å². The van der Waals surface area contributed by atoms with Crippen molar-refractivity contribution in [2.24, 2.45) is 5.92 Å². The molecule has 4 aromatic rings. The van der Waals surface area contributed by atoms with E-state index in [0.29, 0.717) is 42.7 Å². The minimum atomic E-state index is -1.00. The van der Waals surface area contributed by atoms with Gasteiger partial charge in [0, 0.05) is 52.7 Å². The fourth-order valence-corrected chi connectivity index (χ4v) is 7.14. The highest BCUT2D eigenvalue weighted by molar-refractivity contribution is 6.31. The van der Waals surface area contributed by atoms with Crippen molar-refractivity contribution in [2.45, 2.75) is 63.1 Å². The van der Waals surface area contributed by atoms with Gasteiger partial charge in [-0.3, -0.25) is 9.69 Å². The molecule has 4 saturated heterocycles. The van der Waals surface area contributed by atoms with Crippen LogP contribution in [0, 0.1) is 5.92 Å². The number of aryl methyl sites for hydroxylation is 1. The predicted octanol–water partition coefficient (Wildman–Crippen LogP) is 4.18. The third kappa shape index (κ3) is 2.56. The Morgan fingerprint density at radius 1 is 1.22 bits per heavy atom. The number of aliphatic hydroxyl groups is 1. The summed E-state index contributed by atoms with van der Waals surface area (Å²) in [4.78, 5) is 23.0. The number of rotatable bonds is 4. The number of aromatic nitrogens is 3.